The second-order valence-electron chi connectivity index (χ2n) is 4.88. The summed E-state index contributed by atoms with van der Waals surface area (Å²) in [4.78, 5) is 18.3. The Kier molecular flexibility index (Phi) is 2.39. The molecule has 1 aliphatic carbocycles. The highest BCUT2D eigenvalue weighted by molar-refractivity contribution is 5.92. The van der Waals surface area contributed by atoms with E-state index in [9.17, 15) is 4.79 Å². The van der Waals surface area contributed by atoms with Crippen molar-refractivity contribution in [3.8, 4) is 0 Å². The third-order valence-electron chi connectivity index (χ3n) is 3.90. The summed E-state index contributed by atoms with van der Waals surface area (Å²) in [5.74, 6) is 1.62. The summed E-state index contributed by atoms with van der Waals surface area (Å²) >= 11 is 0. The molecule has 2 fully saturated rings. The molecule has 2 heterocycles. The minimum atomic E-state index is 0.106. The van der Waals surface area contributed by atoms with Crippen molar-refractivity contribution in [2.75, 3.05) is 13.1 Å². The second kappa shape index (κ2) is 3.89. The van der Waals surface area contributed by atoms with E-state index in [0.29, 0.717) is 5.69 Å². The molecule has 1 amide bonds. The van der Waals surface area contributed by atoms with Crippen LogP contribution in [0, 0.1) is 11.8 Å². The minimum Gasteiger partial charge on any atom is -0.337 e. The van der Waals surface area contributed by atoms with Crippen LogP contribution in [0.25, 0.3) is 0 Å². The number of carbonyl (C=O) groups excluding carboxylic acids is 1. The third kappa shape index (κ3) is 1.60. The lowest BCUT2D eigenvalue weighted by Crippen LogP contribution is -2.30. The van der Waals surface area contributed by atoms with Crippen molar-refractivity contribution in [2.45, 2.75) is 19.3 Å². The Bertz CT molecular complexity index is 378. The van der Waals surface area contributed by atoms with Gasteiger partial charge in [0.1, 0.15) is 5.69 Å². The predicted molar refractivity (Wildman–Crippen MR) is 61.0 cm³/mol. The van der Waals surface area contributed by atoms with Gasteiger partial charge >= 0.3 is 0 Å². The summed E-state index contributed by atoms with van der Waals surface area (Å²) in [6.45, 7) is 1.89. The highest BCUT2D eigenvalue weighted by Crippen LogP contribution is 2.37. The summed E-state index contributed by atoms with van der Waals surface area (Å²) in [5.41, 5.74) is 0.586. The summed E-state index contributed by atoms with van der Waals surface area (Å²) in [7, 11) is 0. The van der Waals surface area contributed by atoms with Crippen molar-refractivity contribution in [3.63, 3.8) is 0 Å². The van der Waals surface area contributed by atoms with Crippen LogP contribution in [0.5, 0.6) is 0 Å². The zero-order valence-corrected chi connectivity index (χ0v) is 9.30. The highest BCUT2D eigenvalue weighted by atomic mass is 16.2. The van der Waals surface area contributed by atoms with E-state index in [1.807, 2.05) is 17.0 Å². The quantitative estimate of drug-likeness (QED) is 0.719. The molecule has 1 aliphatic heterocycles. The molecule has 84 valence electrons. The standard InChI is InChI=1S/C13H16N2O/c16-13(12-6-1-2-7-14-12)15-8-10-4-3-5-11(10)9-15/h1-2,6-7,10-11H,3-5,8-9H2. The van der Waals surface area contributed by atoms with Crippen LogP contribution in [0.1, 0.15) is 29.8 Å². The van der Waals surface area contributed by atoms with E-state index >= 15 is 0 Å². The number of fused-ring (bicyclic) bond motifs is 1. The highest BCUT2D eigenvalue weighted by Gasteiger charge is 2.38. The van der Waals surface area contributed by atoms with E-state index in [0.717, 1.165) is 24.9 Å². The molecule has 3 heteroatoms. The fraction of sp³-hybridized carbons (Fsp3) is 0.538. The van der Waals surface area contributed by atoms with Crippen LogP contribution in [0.3, 0.4) is 0 Å². The van der Waals surface area contributed by atoms with Gasteiger partial charge in [0.05, 0.1) is 0 Å². The number of hydrogen-bond acceptors (Lipinski definition) is 2. The molecule has 0 radical (unpaired) electrons. The van der Waals surface area contributed by atoms with E-state index in [1.165, 1.54) is 19.3 Å². The molecule has 1 saturated carbocycles. The maximum absolute atomic E-state index is 12.1. The molecular formula is C13H16N2O. The summed E-state index contributed by atoms with van der Waals surface area (Å²) in [6.07, 6.45) is 5.64. The fourth-order valence-corrected chi connectivity index (χ4v) is 3.05. The van der Waals surface area contributed by atoms with E-state index in [-0.39, 0.29) is 5.91 Å². The summed E-state index contributed by atoms with van der Waals surface area (Å²) < 4.78 is 0. The first kappa shape index (κ1) is 9.82. The Morgan fingerprint density at radius 2 is 2.00 bits per heavy atom. The number of hydrogen-bond donors (Lipinski definition) is 0. The molecule has 2 aliphatic rings. The number of pyridine rings is 1. The van der Waals surface area contributed by atoms with Crippen LogP contribution in [0.2, 0.25) is 0 Å². The maximum Gasteiger partial charge on any atom is 0.272 e. The third-order valence-corrected chi connectivity index (χ3v) is 3.90. The zero-order valence-electron chi connectivity index (χ0n) is 9.30. The monoisotopic (exact) mass is 216 g/mol. The van der Waals surface area contributed by atoms with Gasteiger partial charge in [-0.1, -0.05) is 12.5 Å². The Hall–Kier alpha value is -1.38. The molecule has 2 atom stereocenters. The lowest BCUT2D eigenvalue weighted by Gasteiger charge is -2.16. The van der Waals surface area contributed by atoms with E-state index in [2.05, 4.69) is 4.98 Å². The van der Waals surface area contributed by atoms with Crippen LogP contribution in [0.4, 0.5) is 0 Å². The Balaban J connectivity index is 1.73. The lowest BCUT2D eigenvalue weighted by atomic mass is 10.0. The number of nitrogens with zero attached hydrogens (tertiary/aromatic N) is 2. The van der Waals surface area contributed by atoms with Crippen molar-refractivity contribution in [1.29, 1.82) is 0 Å². The lowest BCUT2D eigenvalue weighted by molar-refractivity contribution is 0.0775. The largest absolute Gasteiger partial charge is 0.337 e. The second-order valence-corrected chi connectivity index (χ2v) is 4.88. The number of amides is 1. The molecule has 1 saturated heterocycles. The number of rotatable bonds is 1. The Morgan fingerprint density at radius 3 is 2.62 bits per heavy atom. The Morgan fingerprint density at radius 1 is 1.25 bits per heavy atom. The van der Waals surface area contributed by atoms with E-state index < -0.39 is 0 Å². The van der Waals surface area contributed by atoms with Gasteiger partial charge in [-0.25, -0.2) is 0 Å². The van der Waals surface area contributed by atoms with Gasteiger partial charge in [0.2, 0.25) is 0 Å². The first-order chi connectivity index (χ1) is 7.84. The van der Waals surface area contributed by atoms with Gasteiger partial charge in [0, 0.05) is 19.3 Å². The van der Waals surface area contributed by atoms with Crippen molar-refractivity contribution < 1.29 is 4.79 Å². The molecule has 3 rings (SSSR count). The molecule has 2 unspecified atom stereocenters. The smallest absolute Gasteiger partial charge is 0.272 e. The molecule has 1 aromatic heterocycles. The minimum absolute atomic E-state index is 0.106. The van der Waals surface area contributed by atoms with E-state index in [4.69, 9.17) is 0 Å². The van der Waals surface area contributed by atoms with Gasteiger partial charge in [-0.3, -0.25) is 9.78 Å². The van der Waals surface area contributed by atoms with Crippen LogP contribution in [-0.4, -0.2) is 28.9 Å². The van der Waals surface area contributed by atoms with E-state index in [1.54, 1.807) is 12.3 Å². The zero-order chi connectivity index (χ0) is 11.0. The first-order valence-corrected chi connectivity index (χ1v) is 6.05. The van der Waals surface area contributed by atoms with Crippen molar-refractivity contribution >= 4 is 5.91 Å². The maximum atomic E-state index is 12.1. The number of aromatic nitrogens is 1. The number of carbonyl (C=O) groups is 1. The summed E-state index contributed by atoms with van der Waals surface area (Å²) in [5, 5.41) is 0. The van der Waals surface area contributed by atoms with Gasteiger partial charge in [-0.05, 0) is 36.8 Å². The average molecular weight is 216 g/mol. The van der Waals surface area contributed by atoms with Gasteiger partial charge in [0.25, 0.3) is 5.91 Å². The van der Waals surface area contributed by atoms with Gasteiger partial charge < -0.3 is 4.90 Å². The molecule has 0 spiro atoms. The topological polar surface area (TPSA) is 33.2 Å². The van der Waals surface area contributed by atoms with Gasteiger partial charge in [-0.15, -0.1) is 0 Å². The average Bonchev–Trinajstić information content (AvgIpc) is 2.89. The molecule has 1 aromatic rings. The van der Waals surface area contributed by atoms with Crippen LogP contribution in [0.15, 0.2) is 24.4 Å². The van der Waals surface area contributed by atoms with Crippen LogP contribution >= 0.6 is 0 Å². The molecule has 0 bridgehead atoms. The normalized spacial score (nSPS) is 28.1. The van der Waals surface area contributed by atoms with Crippen molar-refractivity contribution in [2.24, 2.45) is 11.8 Å². The first-order valence-electron chi connectivity index (χ1n) is 6.05. The van der Waals surface area contributed by atoms with Crippen molar-refractivity contribution in [3.05, 3.63) is 30.1 Å². The SMILES string of the molecule is O=C(c1ccccn1)N1CC2CCCC2C1. The summed E-state index contributed by atoms with van der Waals surface area (Å²) in [6, 6.07) is 5.52. The molecular weight excluding hydrogens is 200 g/mol. The van der Waals surface area contributed by atoms with Gasteiger partial charge in [0.15, 0.2) is 0 Å². The van der Waals surface area contributed by atoms with Gasteiger partial charge in [-0.2, -0.15) is 0 Å². The molecule has 0 N–H and O–H groups in total. The number of likely N-dealkylation sites (tertiary alicyclic amines) is 1. The molecule has 0 aromatic carbocycles. The van der Waals surface area contributed by atoms with Crippen LogP contribution < -0.4 is 0 Å². The van der Waals surface area contributed by atoms with Crippen LogP contribution in [-0.2, 0) is 0 Å². The predicted octanol–water partition coefficient (Wildman–Crippen LogP) is 1.95. The molecule has 3 nitrogen and oxygen atoms in total. The fourth-order valence-electron chi connectivity index (χ4n) is 3.05. The molecule has 16 heavy (non-hydrogen) atoms. The Labute approximate surface area is 95.5 Å². The van der Waals surface area contributed by atoms with Crippen molar-refractivity contribution in [1.82, 2.24) is 9.88 Å².